The Labute approximate surface area is 91.1 Å². The van der Waals surface area contributed by atoms with Gasteiger partial charge >= 0.3 is 5.97 Å². The number of esters is 1. The number of carbonyl (C=O) groups is 1. The topological polar surface area (TPSA) is 72.0 Å². The Hall–Kier alpha value is -2.17. The molecular formula is C11H10N2O3. The quantitative estimate of drug-likeness (QED) is 0.751. The summed E-state index contributed by atoms with van der Waals surface area (Å²) in [5.74, 6) is -0.436. The lowest BCUT2D eigenvalue weighted by atomic mass is 10.1. The second kappa shape index (κ2) is 4.14. The van der Waals surface area contributed by atoms with Crippen molar-refractivity contribution in [3.05, 3.63) is 40.4 Å². The van der Waals surface area contributed by atoms with Crippen LogP contribution >= 0.6 is 0 Å². The maximum Gasteiger partial charge on any atom is 0.310 e. The van der Waals surface area contributed by atoms with E-state index < -0.39 is 5.97 Å². The van der Waals surface area contributed by atoms with Crippen molar-refractivity contribution in [3.8, 4) is 0 Å². The third-order valence-corrected chi connectivity index (χ3v) is 2.28. The highest BCUT2D eigenvalue weighted by Crippen LogP contribution is 2.08. The van der Waals surface area contributed by atoms with Crippen molar-refractivity contribution in [2.45, 2.75) is 6.42 Å². The highest BCUT2D eigenvalue weighted by Gasteiger charge is 2.08. The van der Waals surface area contributed by atoms with E-state index in [4.69, 9.17) is 0 Å². The van der Waals surface area contributed by atoms with E-state index in [1.807, 2.05) is 0 Å². The third kappa shape index (κ3) is 1.93. The number of nitrogens with one attached hydrogen (secondary N) is 1. The SMILES string of the molecule is COC(=O)Cc1cc2cnccc2[nH]c1=O. The number of aromatic amines is 1. The van der Waals surface area contributed by atoms with Gasteiger partial charge < -0.3 is 9.72 Å². The standard InChI is InChI=1S/C11H10N2O3/c1-16-10(14)5-7-4-8-6-12-3-2-9(8)13-11(7)15/h2-4,6H,5H2,1H3,(H,13,15). The molecule has 2 aromatic rings. The minimum absolute atomic E-state index is 0.0311. The molecule has 2 heterocycles. The summed E-state index contributed by atoms with van der Waals surface area (Å²) < 4.78 is 4.51. The molecule has 0 aliphatic carbocycles. The van der Waals surface area contributed by atoms with Crippen molar-refractivity contribution in [2.75, 3.05) is 7.11 Å². The zero-order chi connectivity index (χ0) is 11.5. The maximum atomic E-state index is 11.6. The Kier molecular flexibility index (Phi) is 2.68. The molecule has 0 amide bonds. The molecule has 2 aromatic heterocycles. The first kappa shape index (κ1) is 10.4. The molecule has 0 fully saturated rings. The fourth-order valence-electron chi connectivity index (χ4n) is 1.45. The van der Waals surface area contributed by atoms with Crippen LogP contribution in [0.25, 0.3) is 10.9 Å². The smallest absolute Gasteiger partial charge is 0.310 e. The molecule has 16 heavy (non-hydrogen) atoms. The molecule has 0 atom stereocenters. The predicted molar refractivity (Wildman–Crippen MR) is 58.1 cm³/mol. The van der Waals surface area contributed by atoms with Gasteiger partial charge in [-0.25, -0.2) is 0 Å². The number of hydrogen-bond donors (Lipinski definition) is 1. The van der Waals surface area contributed by atoms with Crippen LogP contribution in [0, 0.1) is 0 Å². The minimum Gasteiger partial charge on any atom is -0.469 e. The van der Waals surface area contributed by atoms with Crippen molar-refractivity contribution >= 4 is 16.9 Å². The molecule has 0 spiro atoms. The van der Waals surface area contributed by atoms with Crippen LogP contribution in [-0.2, 0) is 16.0 Å². The van der Waals surface area contributed by atoms with Gasteiger partial charge in [-0.1, -0.05) is 0 Å². The van der Waals surface area contributed by atoms with Crippen LogP contribution in [0.2, 0.25) is 0 Å². The molecule has 5 nitrogen and oxygen atoms in total. The summed E-state index contributed by atoms with van der Waals surface area (Å²) in [5, 5.41) is 0.793. The highest BCUT2D eigenvalue weighted by atomic mass is 16.5. The Morgan fingerprint density at radius 3 is 3.12 bits per heavy atom. The van der Waals surface area contributed by atoms with Crippen LogP contribution in [0.4, 0.5) is 0 Å². The van der Waals surface area contributed by atoms with Gasteiger partial charge in [-0.2, -0.15) is 0 Å². The number of carbonyl (C=O) groups excluding carboxylic acids is 1. The van der Waals surface area contributed by atoms with Crippen molar-refractivity contribution in [3.63, 3.8) is 0 Å². The molecule has 5 heteroatoms. The number of pyridine rings is 2. The van der Waals surface area contributed by atoms with Crippen molar-refractivity contribution in [1.29, 1.82) is 0 Å². The van der Waals surface area contributed by atoms with Gasteiger partial charge in [-0.15, -0.1) is 0 Å². The lowest BCUT2D eigenvalue weighted by Gasteiger charge is -2.01. The molecule has 1 N–H and O–H groups in total. The zero-order valence-electron chi connectivity index (χ0n) is 8.69. The monoisotopic (exact) mass is 218 g/mol. The number of fused-ring (bicyclic) bond motifs is 1. The van der Waals surface area contributed by atoms with E-state index in [-0.39, 0.29) is 12.0 Å². The first-order valence-corrected chi connectivity index (χ1v) is 4.73. The number of H-pyrrole nitrogens is 1. The van der Waals surface area contributed by atoms with Gasteiger partial charge in [-0.05, 0) is 12.1 Å². The number of nitrogens with zero attached hydrogens (tertiary/aromatic N) is 1. The molecule has 0 aliphatic rings. The van der Waals surface area contributed by atoms with Crippen LogP contribution in [-0.4, -0.2) is 23.0 Å². The molecule has 0 saturated heterocycles. The van der Waals surface area contributed by atoms with Crippen LogP contribution in [0.1, 0.15) is 5.56 Å². The lowest BCUT2D eigenvalue weighted by molar-refractivity contribution is -0.139. The van der Waals surface area contributed by atoms with E-state index >= 15 is 0 Å². The van der Waals surface area contributed by atoms with Gasteiger partial charge in [0.25, 0.3) is 5.56 Å². The summed E-state index contributed by atoms with van der Waals surface area (Å²) in [6.45, 7) is 0. The second-order valence-electron chi connectivity index (χ2n) is 3.34. The Balaban J connectivity index is 2.50. The molecule has 0 aliphatic heterocycles. The van der Waals surface area contributed by atoms with Crippen molar-refractivity contribution in [2.24, 2.45) is 0 Å². The van der Waals surface area contributed by atoms with Crippen molar-refractivity contribution < 1.29 is 9.53 Å². The predicted octanol–water partition coefficient (Wildman–Crippen LogP) is 0.639. The molecule has 2 rings (SSSR count). The Morgan fingerprint density at radius 2 is 2.38 bits per heavy atom. The molecule has 0 saturated carbocycles. The van der Waals surface area contributed by atoms with Crippen molar-refractivity contribution in [1.82, 2.24) is 9.97 Å². The lowest BCUT2D eigenvalue weighted by Crippen LogP contribution is -2.17. The maximum absolute atomic E-state index is 11.6. The first-order chi connectivity index (χ1) is 7.70. The molecular weight excluding hydrogens is 208 g/mol. The van der Waals surface area contributed by atoms with E-state index in [0.29, 0.717) is 11.1 Å². The van der Waals surface area contributed by atoms with Gasteiger partial charge in [0.1, 0.15) is 0 Å². The van der Waals surface area contributed by atoms with E-state index in [9.17, 15) is 9.59 Å². The molecule has 0 bridgehead atoms. The number of rotatable bonds is 2. The van der Waals surface area contributed by atoms with Crippen LogP contribution in [0.3, 0.4) is 0 Å². The number of methoxy groups -OCH3 is 1. The van der Waals surface area contributed by atoms with E-state index in [1.54, 1.807) is 24.5 Å². The molecule has 0 unspecified atom stereocenters. The second-order valence-corrected chi connectivity index (χ2v) is 3.34. The third-order valence-electron chi connectivity index (χ3n) is 2.28. The average Bonchev–Trinajstić information content (AvgIpc) is 2.30. The van der Waals surface area contributed by atoms with E-state index in [1.165, 1.54) is 7.11 Å². The number of ether oxygens (including phenoxy) is 1. The van der Waals surface area contributed by atoms with Gasteiger partial charge in [0.2, 0.25) is 0 Å². The van der Waals surface area contributed by atoms with Gasteiger partial charge in [0.05, 0.1) is 19.0 Å². The summed E-state index contributed by atoms with van der Waals surface area (Å²) in [6, 6.07) is 3.36. The summed E-state index contributed by atoms with van der Waals surface area (Å²) in [4.78, 5) is 29.3. The zero-order valence-corrected chi connectivity index (χ0v) is 8.69. The summed E-state index contributed by atoms with van der Waals surface area (Å²) in [6.07, 6.45) is 3.20. The molecule has 0 radical (unpaired) electrons. The van der Waals surface area contributed by atoms with Crippen LogP contribution in [0.5, 0.6) is 0 Å². The van der Waals surface area contributed by atoms with E-state index in [0.717, 1.165) is 5.39 Å². The number of hydrogen-bond acceptors (Lipinski definition) is 4. The fourth-order valence-corrected chi connectivity index (χ4v) is 1.45. The van der Waals surface area contributed by atoms with Gasteiger partial charge in [0.15, 0.2) is 0 Å². The normalized spacial score (nSPS) is 10.3. The summed E-state index contributed by atoms with van der Waals surface area (Å²) >= 11 is 0. The fraction of sp³-hybridized carbons (Fsp3) is 0.182. The molecule has 0 aromatic carbocycles. The first-order valence-electron chi connectivity index (χ1n) is 4.73. The van der Waals surface area contributed by atoms with Crippen LogP contribution in [0.15, 0.2) is 29.3 Å². The largest absolute Gasteiger partial charge is 0.469 e. The van der Waals surface area contributed by atoms with Gasteiger partial charge in [0, 0.05) is 23.3 Å². The Morgan fingerprint density at radius 1 is 1.56 bits per heavy atom. The number of aromatic nitrogens is 2. The Bertz CT molecular complexity index is 589. The average molecular weight is 218 g/mol. The van der Waals surface area contributed by atoms with Gasteiger partial charge in [-0.3, -0.25) is 14.6 Å². The summed E-state index contributed by atoms with van der Waals surface area (Å²) in [5.41, 5.74) is 0.810. The highest BCUT2D eigenvalue weighted by molar-refractivity contribution is 5.79. The minimum atomic E-state index is -0.436. The van der Waals surface area contributed by atoms with Crippen LogP contribution < -0.4 is 5.56 Å². The summed E-state index contributed by atoms with van der Waals surface area (Å²) in [7, 11) is 1.29. The van der Waals surface area contributed by atoms with E-state index in [2.05, 4.69) is 14.7 Å². The molecule has 82 valence electrons.